The maximum atomic E-state index is 13.6. The summed E-state index contributed by atoms with van der Waals surface area (Å²) in [4.78, 5) is 31.3. The first kappa shape index (κ1) is 27.2. The zero-order valence-electron chi connectivity index (χ0n) is 21.3. The van der Waals surface area contributed by atoms with Crippen LogP contribution in [-0.2, 0) is 17.9 Å². The lowest BCUT2D eigenvalue weighted by molar-refractivity contribution is -0.133. The fraction of sp³-hybridized carbons (Fsp3) is 0.357. The number of hydrogen-bond donors (Lipinski definition) is 1. The first-order valence-electron chi connectivity index (χ1n) is 12.2. The summed E-state index contributed by atoms with van der Waals surface area (Å²) in [5.74, 6) is 0.0771. The van der Waals surface area contributed by atoms with E-state index in [4.69, 9.17) is 4.74 Å². The summed E-state index contributed by atoms with van der Waals surface area (Å²) in [6.45, 7) is 8.94. The van der Waals surface area contributed by atoms with Gasteiger partial charge in [0.25, 0.3) is 0 Å². The monoisotopic (exact) mass is 511 g/mol. The van der Waals surface area contributed by atoms with Gasteiger partial charge in [-0.1, -0.05) is 31.2 Å². The fourth-order valence-electron chi connectivity index (χ4n) is 3.71. The Morgan fingerprint density at radius 3 is 2.42 bits per heavy atom. The number of nitrogens with zero attached hydrogens (tertiary/aromatic N) is 2. The van der Waals surface area contributed by atoms with Gasteiger partial charge in [0.1, 0.15) is 18.1 Å². The molecule has 3 aromatic rings. The molecule has 1 N–H and O–H groups in total. The van der Waals surface area contributed by atoms with Crippen LogP contribution in [0.3, 0.4) is 0 Å². The van der Waals surface area contributed by atoms with E-state index in [0.29, 0.717) is 37.6 Å². The van der Waals surface area contributed by atoms with Gasteiger partial charge in [0.15, 0.2) is 0 Å². The Kier molecular flexibility index (Phi) is 9.87. The van der Waals surface area contributed by atoms with Crippen LogP contribution in [-0.4, -0.2) is 40.9 Å². The predicted octanol–water partition coefficient (Wildman–Crippen LogP) is 6.46. The fourth-order valence-corrected chi connectivity index (χ4v) is 4.63. The predicted molar refractivity (Wildman–Crippen MR) is 143 cm³/mol. The average molecular weight is 512 g/mol. The van der Waals surface area contributed by atoms with E-state index in [1.807, 2.05) is 51.3 Å². The molecule has 1 aromatic heterocycles. The van der Waals surface area contributed by atoms with Crippen molar-refractivity contribution in [3.8, 4) is 5.75 Å². The van der Waals surface area contributed by atoms with Crippen molar-refractivity contribution >= 4 is 29.0 Å². The standard InChI is InChI=1S/C28H34FN3O3S/c1-5-21(4)32(28(34)30-24-9-7-8-10-25(24)35-6-2)19-27(33)31(18-26-20(3)15-16-36-26)17-22-11-13-23(29)14-12-22/h7-16,21H,5-6,17-19H2,1-4H3,(H,30,34). The second-order valence-electron chi connectivity index (χ2n) is 8.65. The van der Waals surface area contributed by atoms with Gasteiger partial charge < -0.3 is 19.9 Å². The van der Waals surface area contributed by atoms with Crippen LogP contribution in [0.2, 0.25) is 0 Å². The van der Waals surface area contributed by atoms with Crippen molar-refractivity contribution in [3.63, 3.8) is 0 Å². The van der Waals surface area contributed by atoms with Crippen molar-refractivity contribution in [2.24, 2.45) is 0 Å². The number of para-hydroxylation sites is 2. The number of benzene rings is 2. The van der Waals surface area contributed by atoms with E-state index in [1.165, 1.54) is 12.1 Å². The van der Waals surface area contributed by atoms with Crippen molar-refractivity contribution in [2.75, 3.05) is 18.5 Å². The number of amides is 3. The Bertz CT molecular complexity index is 1150. The molecule has 0 aliphatic heterocycles. The van der Waals surface area contributed by atoms with Gasteiger partial charge in [0.2, 0.25) is 5.91 Å². The van der Waals surface area contributed by atoms with Gasteiger partial charge in [0, 0.05) is 17.5 Å². The topological polar surface area (TPSA) is 61.9 Å². The van der Waals surface area contributed by atoms with E-state index in [9.17, 15) is 14.0 Å². The summed E-state index contributed by atoms with van der Waals surface area (Å²) in [5, 5.41) is 4.92. The molecule has 3 amide bonds. The average Bonchev–Trinajstić information content (AvgIpc) is 3.28. The minimum Gasteiger partial charge on any atom is -0.492 e. The molecule has 3 rings (SSSR count). The Hall–Kier alpha value is -3.39. The van der Waals surface area contributed by atoms with Crippen LogP contribution in [0.1, 0.15) is 43.2 Å². The van der Waals surface area contributed by atoms with Crippen molar-refractivity contribution in [3.05, 3.63) is 81.8 Å². The van der Waals surface area contributed by atoms with Crippen LogP contribution in [0, 0.1) is 12.7 Å². The zero-order valence-corrected chi connectivity index (χ0v) is 22.1. The summed E-state index contributed by atoms with van der Waals surface area (Å²) >= 11 is 1.59. The van der Waals surface area contributed by atoms with Crippen LogP contribution in [0.15, 0.2) is 60.0 Å². The number of carbonyl (C=O) groups excluding carboxylic acids is 2. The molecular weight excluding hydrogens is 477 g/mol. The van der Waals surface area contributed by atoms with Gasteiger partial charge in [-0.3, -0.25) is 4.79 Å². The lowest BCUT2D eigenvalue weighted by Crippen LogP contribution is -2.47. The van der Waals surface area contributed by atoms with Crippen molar-refractivity contribution in [1.29, 1.82) is 0 Å². The van der Waals surface area contributed by atoms with Crippen molar-refractivity contribution in [2.45, 2.75) is 53.2 Å². The second kappa shape index (κ2) is 13.1. The molecule has 8 heteroatoms. The molecule has 1 heterocycles. The molecule has 0 radical (unpaired) electrons. The number of urea groups is 1. The Morgan fingerprint density at radius 1 is 1.06 bits per heavy atom. The molecule has 1 atom stereocenters. The Morgan fingerprint density at radius 2 is 1.78 bits per heavy atom. The third-order valence-electron chi connectivity index (χ3n) is 6.06. The van der Waals surface area contributed by atoms with Gasteiger partial charge in [-0.05, 0) is 74.0 Å². The summed E-state index contributed by atoms with van der Waals surface area (Å²) in [6.07, 6.45) is 0.690. The second-order valence-corrected chi connectivity index (χ2v) is 9.65. The summed E-state index contributed by atoms with van der Waals surface area (Å²) in [6, 6.07) is 14.9. The Labute approximate surface area is 216 Å². The molecule has 2 aromatic carbocycles. The molecule has 0 saturated heterocycles. The lowest BCUT2D eigenvalue weighted by Gasteiger charge is -2.31. The van der Waals surface area contributed by atoms with Gasteiger partial charge in [-0.15, -0.1) is 11.3 Å². The van der Waals surface area contributed by atoms with E-state index in [2.05, 4.69) is 5.32 Å². The number of rotatable bonds is 11. The quantitative estimate of drug-likeness (QED) is 0.322. The molecule has 0 aliphatic rings. The SMILES string of the molecule is CCOc1ccccc1NC(=O)N(CC(=O)N(Cc1ccc(F)cc1)Cc1sccc1C)C(C)CC. The van der Waals surface area contributed by atoms with Crippen LogP contribution in [0.5, 0.6) is 5.75 Å². The van der Waals surface area contributed by atoms with E-state index in [0.717, 1.165) is 16.0 Å². The summed E-state index contributed by atoms with van der Waals surface area (Å²) in [7, 11) is 0. The van der Waals surface area contributed by atoms with Gasteiger partial charge in [-0.25, -0.2) is 9.18 Å². The number of aryl methyl sites for hydroxylation is 1. The van der Waals surface area contributed by atoms with Crippen LogP contribution in [0.4, 0.5) is 14.9 Å². The van der Waals surface area contributed by atoms with E-state index in [1.54, 1.807) is 45.4 Å². The molecular formula is C28H34FN3O3S. The molecule has 0 saturated carbocycles. The van der Waals surface area contributed by atoms with Gasteiger partial charge >= 0.3 is 6.03 Å². The van der Waals surface area contributed by atoms with E-state index < -0.39 is 0 Å². The maximum absolute atomic E-state index is 13.6. The first-order chi connectivity index (χ1) is 17.3. The number of hydrogen-bond acceptors (Lipinski definition) is 4. The zero-order chi connectivity index (χ0) is 26.1. The van der Waals surface area contributed by atoms with E-state index in [-0.39, 0.29) is 30.3 Å². The maximum Gasteiger partial charge on any atom is 0.322 e. The van der Waals surface area contributed by atoms with Crippen LogP contribution < -0.4 is 10.1 Å². The molecule has 0 bridgehead atoms. The van der Waals surface area contributed by atoms with Crippen molar-refractivity contribution < 1.29 is 18.7 Å². The number of ether oxygens (including phenoxy) is 1. The van der Waals surface area contributed by atoms with Crippen LogP contribution in [0.25, 0.3) is 0 Å². The van der Waals surface area contributed by atoms with Crippen molar-refractivity contribution in [1.82, 2.24) is 9.80 Å². The number of carbonyl (C=O) groups is 2. The molecule has 36 heavy (non-hydrogen) atoms. The third kappa shape index (κ3) is 7.31. The highest BCUT2D eigenvalue weighted by atomic mass is 32.1. The minimum absolute atomic E-state index is 0.0801. The van der Waals surface area contributed by atoms with Gasteiger partial charge in [0.05, 0.1) is 18.8 Å². The molecule has 1 unspecified atom stereocenters. The normalized spacial score (nSPS) is 11.6. The largest absolute Gasteiger partial charge is 0.492 e. The van der Waals surface area contributed by atoms with E-state index >= 15 is 0 Å². The molecule has 192 valence electrons. The summed E-state index contributed by atoms with van der Waals surface area (Å²) in [5.41, 5.74) is 2.49. The highest BCUT2D eigenvalue weighted by Crippen LogP contribution is 2.25. The summed E-state index contributed by atoms with van der Waals surface area (Å²) < 4.78 is 19.1. The molecule has 0 spiro atoms. The molecule has 0 aliphatic carbocycles. The number of nitrogens with one attached hydrogen (secondary N) is 1. The van der Waals surface area contributed by atoms with Crippen LogP contribution >= 0.6 is 11.3 Å². The molecule has 6 nitrogen and oxygen atoms in total. The Balaban J connectivity index is 1.81. The number of halogens is 1. The number of thiophene rings is 1. The highest BCUT2D eigenvalue weighted by Gasteiger charge is 2.26. The number of anilines is 1. The smallest absolute Gasteiger partial charge is 0.322 e. The third-order valence-corrected chi connectivity index (χ3v) is 7.07. The lowest BCUT2D eigenvalue weighted by atomic mass is 10.2. The highest BCUT2D eigenvalue weighted by molar-refractivity contribution is 7.10. The minimum atomic E-state index is -0.362. The first-order valence-corrected chi connectivity index (χ1v) is 13.0. The van der Waals surface area contributed by atoms with Gasteiger partial charge in [-0.2, -0.15) is 0 Å². The molecule has 0 fully saturated rings.